The molecular weight excluding hydrogens is 314 g/mol. The Labute approximate surface area is 137 Å². The fourth-order valence-corrected chi connectivity index (χ4v) is 3.27. The van der Waals surface area contributed by atoms with Gasteiger partial charge >= 0.3 is 0 Å². The lowest BCUT2D eigenvalue weighted by molar-refractivity contribution is 0.529. The summed E-state index contributed by atoms with van der Waals surface area (Å²) in [5.41, 5.74) is 0.510. The second-order valence-electron chi connectivity index (χ2n) is 5.63. The van der Waals surface area contributed by atoms with Crippen LogP contribution in [0.5, 0.6) is 0 Å². The molecule has 2 heterocycles. The van der Waals surface area contributed by atoms with Gasteiger partial charge in [-0.1, -0.05) is 6.92 Å². The minimum atomic E-state index is -3.73. The number of anilines is 2. The van der Waals surface area contributed by atoms with Crippen LogP contribution in [0.15, 0.2) is 35.9 Å². The number of nitrogens with zero attached hydrogens (tertiary/aromatic N) is 5. The molecular formula is C15H23N5O2S. The molecule has 0 amide bonds. The van der Waals surface area contributed by atoms with Gasteiger partial charge in [-0.2, -0.15) is 8.42 Å². The zero-order valence-electron chi connectivity index (χ0n) is 14.1. The highest BCUT2D eigenvalue weighted by Gasteiger charge is 2.27. The molecule has 0 saturated heterocycles. The third-order valence-corrected chi connectivity index (χ3v) is 5.49. The quantitative estimate of drug-likeness (QED) is 0.807. The maximum absolute atomic E-state index is 12.8. The van der Waals surface area contributed by atoms with E-state index in [9.17, 15) is 8.42 Å². The van der Waals surface area contributed by atoms with E-state index in [0.717, 1.165) is 6.42 Å². The van der Waals surface area contributed by atoms with Gasteiger partial charge in [0.05, 0.1) is 12.0 Å². The van der Waals surface area contributed by atoms with Crippen molar-refractivity contribution in [2.45, 2.75) is 31.3 Å². The van der Waals surface area contributed by atoms with Crippen LogP contribution in [0, 0.1) is 0 Å². The Morgan fingerprint density at radius 1 is 1.26 bits per heavy atom. The van der Waals surface area contributed by atoms with Crippen molar-refractivity contribution < 1.29 is 8.42 Å². The van der Waals surface area contributed by atoms with Crippen LogP contribution in [0.4, 0.5) is 11.5 Å². The second kappa shape index (κ2) is 6.57. The average Bonchev–Trinajstić information content (AvgIpc) is 3.04. The van der Waals surface area contributed by atoms with Crippen LogP contribution in [0.2, 0.25) is 0 Å². The van der Waals surface area contributed by atoms with E-state index in [1.54, 1.807) is 35.8 Å². The van der Waals surface area contributed by atoms with Crippen molar-refractivity contribution in [1.29, 1.82) is 0 Å². The number of aromatic nitrogens is 3. The molecule has 0 aliphatic rings. The Hall–Kier alpha value is -2.09. The standard InChI is InChI=1S/C15H23N5O2S/c1-6-12(2)20-10-14(17-11-20)23(21,22)19(5)13-8-7-9-16-15(13)18(3)4/h7-12H,6H2,1-5H3. The topological polar surface area (TPSA) is 71.3 Å². The Balaban J connectivity index is 2.42. The first kappa shape index (κ1) is 17.3. The molecule has 7 nitrogen and oxygen atoms in total. The molecule has 1 atom stereocenters. The lowest BCUT2D eigenvalue weighted by Gasteiger charge is -2.23. The molecule has 0 saturated carbocycles. The molecule has 0 bridgehead atoms. The van der Waals surface area contributed by atoms with Crippen LogP contribution >= 0.6 is 0 Å². The Morgan fingerprint density at radius 2 is 1.96 bits per heavy atom. The van der Waals surface area contributed by atoms with Crippen molar-refractivity contribution >= 4 is 21.5 Å². The van der Waals surface area contributed by atoms with Gasteiger partial charge < -0.3 is 9.47 Å². The van der Waals surface area contributed by atoms with Crippen LogP contribution in [0.1, 0.15) is 26.3 Å². The van der Waals surface area contributed by atoms with E-state index >= 15 is 0 Å². The van der Waals surface area contributed by atoms with Crippen LogP contribution < -0.4 is 9.21 Å². The maximum atomic E-state index is 12.8. The highest BCUT2D eigenvalue weighted by molar-refractivity contribution is 7.92. The predicted octanol–water partition coefficient (Wildman–Crippen LogP) is 2.14. The van der Waals surface area contributed by atoms with Gasteiger partial charge in [0.15, 0.2) is 10.8 Å². The number of sulfonamides is 1. The highest BCUT2D eigenvalue weighted by atomic mass is 32.2. The summed E-state index contributed by atoms with van der Waals surface area (Å²) in [4.78, 5) is 10.1. The van der Waals surface area contributed by atoms with Gasteiger partial charge in [0.25, 0.3) is 10.0 Å². The largest absolute Gasteiger partial charge is 0.361 e. The van der Waals surface area contributed by atoms with E-state index in [2.05, 4.69) is 9.97 Å². The zero-order valence-corrected chi connectivity index (χ0v) is 14.9. The van der Waals surface area contributed by atoms with E-state index in [1.807, 2.05) is 32.5 Å². The molecule has 0 aliphatic carbocycles. The molecule has 8 heteroatoms. The van der Waals surface area contributed by atoms with E-state index in [1.165, 1.54) is 11.4 Å². The summed E-state index contributed by atoms with van der Waals surface area (Å²) < 4.78 is 28.7. The Kier molecular flexibility index (Phi) is 4.93. The molecule has 2 aromatic rings. The van der Waals surface area contributed by atoms with E-state index < -0.39 is 10.0 Å². The number of hydrogen-bond donors (Lipinski definition) is 0. The van der Waals surface area contributed by atoms with Gasteiger partial charge in [0.2, 0.25) is 0 Å². The molecule has 0 N–H and O–H groups in total. The smallest absolute Gasteiger partial charge is 0.283 e. The summed E-state index contributed by atoms with van der Waals surface area (Å²) in [6, 6.07) is 3.64. The monoisotopic (exact) mass is 337 g/mol. The first-order valence-electron chi connectivity index (χ1n) is 7.43. The minimum absolute atomic E-state index is 0.0360. The third-order valence-electron chi connectivity index (χ3n) is 3.83. The number of rotatable bonds is 6. The number of imidazole rings is 1. The van der Waals surface area contributed by atoms with E-state index in [4.69, 9.17) is 0 Å². The Bertz CT molecular complexity index is 770. The van der Waals surface area contributed by atoms with Crippen LogP contribution in [-0.2, 0) is 10.0 Å². The zero-order chi connectivity index (χ0) is 17.2. The van der Waals surface area contributed by atoms with Crippen LogP contribution in [-0.4, -0.2) is 44.1 Å². The van der Waals surface area contributed by atoms with Crippen molar-refractivity contribution in [3.05, 3.63) is 30.9 Å². The molecule has 0 radical (unpaired) electrons. The van der Waals surface area contributed by atoms with Crippen LogP contribution in [0.25, 0.3) is 0 Å². The van der Waals surface area contributed by atoms with Crippen LogP contribution in [0.3, 0.4) is 0 Å². The van der Waals surface area contributed by atoms with E-state index in [-0.39, 0.29) is 11.1 Å². The van der Waals surface area contributed by atoms with Gasteiger partial charge in [-0.3, -0.25) is 4.31 Å². The molecule has 1 unspecified atom stereocenters. The Morgan fingerprint density at radius 3 is 2.57 bits per heavy atom. The predicted molar refractivity (Wildman–Crippen MR) is 91.4 cm³/mol. The molecule has 0 aliphatic heterocycles. The summed E-state index contributed by atoms with van der Waals surface area (Å²) in [5.74, 6) is 0.583. The van der Waals surface area contributed by atoms with Crippen molar-refractivity contribution in [2.75, 3.05) is 30.3 Å². The number of pyridine rings is 1. The van der Waals surface area contributed by atoms with Crippen molar-refractivity contribution in [3.8, 4) is 0 Å². The number of hydrogen-bond acceptors (Lipinski definition) is 5. The van der Waals surface area contributed by atoms with Crippen molar-refractivity contribution in [2.24, 2.45) is 0 Å². The third kappa shape index (κ3) is 3.31. The fourth-order valence-electron chi connectivity index (χ4n) is 2.15. The molecule has 2 aromatic heterocycles. The summed E-state index contributed by atoms with van der Waals surface area (Å²) in [6.45, 7) is 4.07. The summed E-state index contributed by atoms with van der Waals surface area (Å²) in [6.07, 6.45) is 5.67. The summed E-state index contributed by atoms with van der Waals surface area (Å²) >= 11 is 0. The highest BCUT2D eigenvalue weighted by Crippen LogP contribution is 2.28. The SMILES string of the molecule is CCC(C)n1cnc(S(=O)(=O)N(C)c2cccnc2N(C)C)c1. The molecule has 126 valence electrons. The van der Waals surface area contributed by atoms with Gasteiger partial charge in [-0.25, -0.2) is 9.97 Å². The lowest BCUT2D eigenvalue weighted by Crippen LogP contribution is -2.29. The molecule has 2 rings (SSSR count). The molecule has 23 heavy (non-hydrogen) atoms. The average molecular weight is 337 g/mol. The van der Waals surface area contributed by atoms with Gasteiger partial charge in [0.1, 0.15) is 0 Å². The van der Waals surface area contributed by atoms with Crippen molar-refractivity contribution in [3.63, 3.8) is 0 Å². The lowest BCUT2D eigenvalue weighted by atomic mass is 10.3. The molecule has 0 aromatic carbocycles. The van der Waals surface area contributed by atoms with Crippen molar-refractivity contribution in [1.82, 2.24) is 14.5 Å². The molecule has 0 fully saturated rings. The first-order chi connectivity index (χ1) is 10.8. The summed E-state index contributed by atoms with van der Waals surface area (Å²) in [7, 11) is 1.43. The second-order valence-corrected chi connectivity index (χ2v) is 7.55. The van der Waals surface area contributed by atoms with Gasteiger partial charge in [-0.15, -0.1) is 0 Å². The van der Waals surface area contributed by atoms with Gasteiger partial charge in [-0.05, 0) is 25.5 Å². The first-order valence-corrected chi connectivity index (χ1v) is 8.87. The summed E-state index contributed by atoms with van der Waals surface area (Å²) in [5, 5.41) is 0.0360. The fraction of sp³-hybridized carbons (Fsp3) is 0.467. The normalized spacial score (nSPS) is 12.9. The van der Waals surface area contributed by atoms with E-state index in [0.29, 0.717) is 11.5 Å². The van der Waals surface area contributed by atoms with Gasteiger partial charge in [0, 0.05) is 39.6 Å². The maximum Gasteiger partial charge on any atom is 0.283 e. The minimum Gasteiger partial charge on any atom is -0.361 e. The molecule has 0 spiro atoms.